The van der Waals surface area contributed by atoms with Crippen molar-refractivity contribution in [3.8, 4) is 10.6 Å². The molecule has 0 saturated carbocycles. The van der Waals surface area contributed by atoms with Crippen LogP contribution in [0.3, 0.4) is 0 Å². The second kappa shape index (κ2) is 7.46. The Morgan fingerprint density at radius 2 is 1.96 bits per heavy atom. The van der Waals surface area contributed by atoms with E-state index >= 15 is 0 Å². The quantitative estimate of drug-likeness (QED) is 0.821. The van der Waals surface area contributed by atoms with Crippen molar-refractivity contribution in [3.63, 3.8) is 0 Å². The predicted molar refractivity (Wildman–Crippen MR) is 99.6 cm³/mol. The zero-order chi connectivity index (χ0) is 17.5. The summed E-state index contributed by atoms with van der Waals surface area (Å²) in [6.07, 6.45) is -1.82. The van der Waals surface area contributed by atoms with Gasteiger partial charge in [-0.1, -0.05) is 12.1 Å². The number of nitrogens with zero attached hydrogens (tertiary/aromatic N) is 2. The molecular weight excluding hydrogens is 383 g/mol. The van der Waals surface area contributed by atoms with E-state index in [4.69, 9.17) is 0 Å². The van der Waals surface area contributed by atoms with Crippen LogP contribution in [0.4, 0.5) is 13.2 Å². The summed E-state index contributed by atoms with van der Waals surface area (Å²) in [4.78, 5) is 7.07. The van der Waals surface area contributed by atoms with Crippen LogP contribution >= 0.6 is 23.7 Å². The molecule has 4 rings (SSSR count). The summed E-state index contributed by atoms with van der Waals surface area (Å²) in [6.45, 7) is 5.24. The third kappa shape index (κ3) is 4.06. The van der Waals surface area contributed by atoms with Gasteiger partial charge >= 0.3 is 6.18 Å². The molecule has 2 aliphatic rings. The number of rotatable bonds is 3. The summed E-state index contributed by atoms with van der Waals surface area (Å²) in [5.41, 5.74) is 1.55. The SMILES string of the molecule is Cl.FC(F)(F)c1ccc(-c2nc(CN3CCC4(CCNC4)C3)cs2)cc1. The molecule has 3 heterocycles. The number of thiazole rings is 1. The minimum absolute atomic E-state index is 0. The Labute approximate surface area is 161 Å². The third-order valence-corrected chi connectivity index (χ3v) is 6.19. The van der Waals surface area contributed by atoms with Crippen molar-refractivity contribution in [2.24, 2.45) is 5.41 Å². The molecule has 8 heteroatoms. The summed E-state index contributed by atoms with van der Waals surface area (Å²) in [6, 6.07) is 5.24. The number of hydrogen-bond donors (Lipinski definition) is 1. The first-order valence-electron chi connectivity index (χ1n) is 8.49. The van der Waals surface area contributed by atoms with Gasteiger partial charge in [-0.25, -0.2) is 4.98 Å². The molecule has 0 bridgehead atoms. The molecule has 2 fully saturated rings. The van der Waals surface area contributed by atoms with Crippen LogP contribution < -0.4 is 5.32 Å². The van der Waals surface area contributed by atoms with E-state index in [1.54, 1.807) is 0 Å². The molecule has 2 saturated heterocycles. The average Bonchev–Trinajstić information content (AvgIpc) is 3.31. The number of benzene rings is 1. The van der Waals surface area contributed by atoms with Crippen LogP contribution in [-0.4, -0.2) is 36.1 Å². The van der Waals surface area contributed by atoms with E-state index in [0.717, 1.165) is 61.1 Å². The van der Waals surface area contributed by atoms with Gasteiger partial charge in [-0.2, -0.15) is 13.2 Å². The number of halogens is 4. The van der Waals surface area contributed by atoms with Crippen LogP contribution in [0.5, 0.6) is 0 Å². The molecule has 2 aromatic rings. The lowest BCUT2D eigenvalue weighted by atomic mass is 9.87. The van der Waals surface area contributed by atoms with Crippen LogP contribution in [0.15, 0.2) is 29.6 Å². The number of nitrogens with one attached hydrogen (secondary N) is 1. The predicted octanol–water partition coefficient (Wildman–Crippen LogP) is 4.44. The Bertz CT molecular complexity index is 739. The van der Waals surface area contributed by atoms with Gasteiger partial charge in [0.15, 0.2) is 0 Å². The molecular formula is C18H21ClF3N3S. The van der Waals surface area contributed by atoms with Gasteiger partial charge < -0.3 is 5.32 Å². The molecule has 1 aromatic carbocycles. The monoisotopic (exact) mass is 403 g/mol. The molecule has 1 spiro atoms. The Morgan fingerprint density at radius 3 is 2.62 bits per heavy atom. The van der Waals surface area contributed by atoms with Crippen LogP contribution in [0.1, 0.15) is 24.1 Å². The normalized spacial score (nSPS) is 23.5. The second-order valence-corrected chi connectivity index (χ2v) is 7.96. The van der Waals surface area contributed by atoms with Crippen molar-refractivity contribution >= 4 is 23.7 Å². The molecule has 1 atom stereocenters. The molecule has 1 N–H and O–H groups in total. The van der Waals surface area contributed by atoms with Gasteiger partial charge in [0.1, 0.15) is 5.01 Å². The lowest BCUT2D eigenvalue weighted by Gasteiger charge is -2.22. The van der Waals surface area contributed by atoms with Crippen LogP contribution in [0.25, 0.3) is 10.6 Å². The van der Waals surface area contributed by atoms with E-state index in [1.807, 2.05) is 5.38 Å². The summed E-state index contributed by atoms with van der Waals surface area (Å²) < 4.78 is 38.0. The highest BCUT2D eigenvalue weighted by Crippen LogP contribution is 2.37. The highest BCUT2D eigenvalue weighted by atomic mass is 35.5. The third-order valence-electron chi connectivity index (χ3n) is 5.25. The molecule has 0 aliphatic carbocycles. The largest absolute Gasteiger partial charge is 0.416 e. The molecule has 142 valence electrons. The van der Waals surface area contributed by atoms with Crippen molar-refractivity contribution in [3.05, 3.63) is 40.9 Å². The zero-order valence-corrected chi connectivity index (χ0v) is 15.8. The van der Waals surface area contributed by atoms with E-state index in [1.165, 1.54) is 36.3 Å². The van der Waals surface area contributed by atoms with Crippen LogP contribution in [-0.2, 0) is 12.7 Å². The number of alkyl halides is 3. The maximum Gasteiger partial charge on any atom is 0.416 e. The summed E-state index contributed by atoms with van der Waals surface area (Å²) >= 11 is 1.49. The minimum atomic E-state index is -4.30. The van der Waals surface area contributed by atoms with Gasteiger partial charge in [0.2, 0.25) is 0 Å². The molecule has 1 unspecified atom stereocenters. The smallest absolute Gasteiger partial charge is 0.316 e. The Hall–Kier alpha value is -1.15. The number of likely N-dealkylation sites (tertiary alicyclic amines) is 1. The molecule has 2 aliphatic heterocycles. The summed E-state index contributed by atoms with van der Waals surface area (Å²) in [5, 5.41) is 6.26. The van der Waals surface area contributed by atoms with Gasteiger partial charge in [0, 0.05) is 30.6 Å². The number of aromatic nitrogens is 1. The summed E-state index contributed by atoms with van der Waals surface area (Å²) in [7, 11) is 0. The second-order valence-electron chi connectivity index (χ2n) is 7.11. The van der Waals surface area contributed by atoms with Gasteiger partial charge in [-0.3, -0.25) is 4.90 Å². The van der Waals surface area contributed by atoms with Crippen LogP contribution in [0.2, 0.25) is 0 Å². The van der Waals surface area contributed by atoms with Gasteiger partial charge in [-0.15, -0.1) is 23.7 Å². The van der Waals surface area contributed by atoms with Crippen molar-refractivity contribution in [1.29, 1.82) is 0 Å². The molecule has 0 radical (unpaired) electrons. The van der Waals surface area contributed by atoms with Gasteiger partial charge in [0.25, 0.3) is 0 Å². The topological polar surface area (TPSA) is 28.2 Å². The van der Waals surface area contributed by atoms with Gasteiger partial charge in [0.05, 0.1) is 11.3 Å². The average molecular weight is 404 g/mol. The van der Waals surface area contributed by atoms with Crippen LogP contribution in [0, 0.1) is 5.41 Å². The minimum Gasteiger partial charge on any atom is -0.316 e. The number of hydrogen-bond acceptors (Lipinski definition) is 4. The molecule has 3 nitrogen and oxygen atoms in total. The fourth-order valence-corrected chi connectivity index (χ4v) is 4.67. The van der Waals surface area contributed by atoms with E-state index in [-0.39, 0.29) is 12.4 Å². The molecule has 0 amide bonds. The zero-order valence-electron chi connectivity index (χ0n) is 14.2. The van der Waals surface area contributed by atoms with E-state index < -0.39 is 11.7 Å². The standard InChI is InChI=1S/C18H20F3N3S.ClH/c19-18(20,21)14-3-1-13(2-4-14)16-23-15(10-25-16)9-24-8-6-17(12-24)5-7-22-11-17;/h1-4,10,22H,5-9,11-12H2;1H. The fourth-order valence-electron chi connectivity index (χ4n) is 3.85. The van der Waals surface area contributed by atoms with Crippen molar-refractivity contribution in [2.45, 2.75) is 25.6 Å². The van der Waals surface area contributed by atoms with E-state index in [0.29, 0.717) is 5.41 Å². The first-order chi connectivity index (χ1) is 11.9. The Kier molecular flexibility index (Phi) is 5.63. The first kappa shape index (κ1) is 19.6. The maximum absolute atomic E-state index is 12.7. The summed E-state index contributed by atoms with van der Waals surface area (Å²) in [5.74, 6) is 0. The first-order valence-corrected chi connectivity index (χ1v) is 9.37. The van der Waals surface area contributed by atoms with Crippen molar-refractivity contribution < 1.29 is 13.2 Å². The van der Waals surface area contributed by atoms with Crippen molar-refractivity contribution in [1.82, 2.24) is 15.2 Å². The van der Waals surface area contributed by atoms with E-state index in [9.17, 15) is 13.2 Å². The van der Waals surface area contributed by atoms with Crippen molar-refractivity contribution in [2.75, 3.05) is 26.2 Å². The molecule has 26 heavy (non-hydrogen) atoms. The lowest BCUT2D eigenvalue weighted by Crippen LogP contribution is -2.29. The Morgan fingerprint density at radius 1 is 1.19 bits per heavy atom. The van der Waals surface area contributed by atoms with Gasteiger partial charge in [-0.05, 0) is 43.5 Å². The molecule has 1 aromatic heterocycles. The maximum atomic E-state index is 12.7. The highest BCUT2D eigenvalue weighted by Gasteiger charge is 2.40. The Balaban J connectivity index is 0.00000196. The highest BCUT2D eigenvalue weighted by molar-refractivity contribution is 7.13. The lowest BCUT2D eigenvalue weighted by molar-refractivity contribution is -0.137. The fraction of sp³-hybridized carbons (Fsp3) is 0.500. The van der Waals surface area contributed by atoms with E-state index in [2.05, 4.69) is 15.2 Å².